The summed E-state index contributed by atoms with van der Waals surface area (Å²) in [7, 11) is 0. The number of hydrogen-bond donors (Lipinski definition) is 0. The van der Waals surface area contributed by atoms with Crippen LogP contribution in [0, 0.1) is 18.6 Å². The fourth-order valence-electron chi connectivity index (χ4n) is 1.56. The number of rotatable bonds is 3. The van der Waals surface area contributed by atoms with Gasteiger partial charge in [0.15, 0.2) is 11.6 Å². The number of ether oxygens (including phenoxy) is 1. The molecule has 0 fully saturated rings. The molecule has 0 saturated heterocycles. The maximum absolute atomic E-state index is 13.6. The molecule has 5 heteroatoms. The summed E-state index contributed by atoms with van der Waals surface area (Å²) in [5.74, 6) is -1.57. The Morgan fingerprint density at radius 1 is 1.35 bits per heavy atom. The number of aromatic nitrogens is 1. The van der Waals surface area contributed by atoms with Crippen LogP contribution in [0.5, 0.6) is 5.75 Å². The second-order valence-electron chi connectivity index (χ2n) is 3.56. The van der Waals surface area contributed by atoms with Crippen molar-refractivity contribution in [3.8, 4) is 5.75 Å². The Morgan fingerprint density at radius 2 is 2.12 bits per heavy atom. The summed E-state index contributed by atoms with van der Waals surface area (Å²) in [5, 5.41) is 1.10. The molecule has 1 aromatic heterocycles. The molecule has 0 aliphatic rings. The van der Waals surface area contributed by atoms with Gasteiger partial charge in [-0.3, -0.25) is 0 Å². The van der Waals surface area contributed by atoms with E-state index >= 15 is 0 Å². The first-order valence-electron chi connectivity index (χ1n) is 5.07. The third kappa shape index (κ3) is 2.39. The number of hydrogen-bond acceptors (Lipinski definition) is 2. The largest absolute Gasteiger partial charge is 0.492 e. The first-order chi connectivity index (χ1) is 8.13. The number of alkyl halides is 1. The predicted molar refractivity (Wildman–Crippen MR) is 65.7 cm³/mol. The lowest BCUT2D eigenvalue weighted by atomic mass is 10.1. The first kappa shape index (κ1) is 12.2. The third-order valence-corrected chi connectivity index (χ3v) is 2.63. The summed E-state index contributed by atoms with van der Waals surface area (Å²) in [6, 6.07) is 4.47. The molecule has 0 unspecified atom stereocenters. The van der Waals surface area contributed by atoms with Crippen molar-refractivity contribution in [1.29, 1.82) is 0 Å². The maximum Gasteiger partial charge on any atom is 0.185 e. The van der Waals surface area contributed by atoms with Gasteiger partial charge < -0.3 is 4.74 Å². The summed E-state index contributed by atoms with van der Waals surface area (Å²) >= 11 is 3.21. The van der Waals surface area contributed by atoms with Crippen molar-refractivity contribution >= 4 is 26.8 Å². The Kier molecular flexibility index (Phi) is 3.57. The van der Waals surface area contributed by atoms with Crippen LogP contribution in [0.4, 0.5) is 8.78 Å². The number of pyridine rings is 1. The van der Waals surface area contributed by atoms with Gasteiger partial charge in [0.1, 0.15) is 11.3 Å². The Labute approximate surface area is 106 Å². The van der Waals surface area contributed by atoms with Crippen LogP contribution >= 0.6 is 15.9 Å². The van der Waals surface area contributed by atoms with Gasteiger partial charge in [-0.05, 0) is 19.1 Å². The molecule has 0 aliphatic carbocycles. The maximum atomic E-state index is 13.6. The van der Waals surface area contributed by atoms with Crippen molar-refractivity contribution in [1.82, 2.24) is 4.98 Å². The van der Waals surface area contributed by atoms with Crippen LogP contribution < -0.4 is 4.74 Å². The molecule has 1 aromatic carbocycles. The summed E-state index contributed by atoms with van der Waals surface area (Å²) in [4.78, 5) is 4.00. The highest BCUT2D eigenvalue weighted by Crippen LogP contribution is 2.29. The van der Waals surface area contributed by atoms with Crippen molar-refractivity contribution in [2.45, 2.75) is 6.92 Å². The van der Waals surface area contributed by atoms with Gasteiger partial charge in [0, 0.05) is 22.5 Å². The van der Waals surface area contributed by atoms with E-state index in [1.807, 2.05) is 0 Å². The Morgan fingerprint density at radius 3 is 2.82 bits per heavy atom. The minimum atomic E-state index is -0.944. The van der Waals surface area contributed by atoms with E-state index in [9.17, 15) is 8.78 Å². The van der Waals surface area contributed by atoms with E-state index in [4.69, 9.17) is 4.74 Å². The zero-order chi connectivity index (χ0) is 12.4. The summed E-state index contributed by atoms with van der Waals surface area (Å²) in [6.45, 7) is 2.11. The quantitative estimate of drug-likeness (QED) is 0.808. The van der Waals surface area contributed by atoms with Gasteiger partial charge in [-0.25, -0.2) is 13.8 Å². The Balaban J connectivity index is 2.64. The number of nitrogens with zero attached hydrogens (tertiary/aromatic N) is 1. The second-order valence-corrected chi connectivity index (χ2v) is 4.35. The highest BCUT2D eigenvalue weighted by atomic mass is 79.9. The van der Waals surface area contributed by atoms with E-state index in [0.717, 1.165) is 6.07 Å². The molecule has 0 N–H and O–H groups in total. The Hall–Kier alpha value is -1.23. The van der Waals surface area contributed by atoms with Crippen LogP contribution in [0.3, 0.4) is 0 Å². The van der Waals surface area contributed by atoms with Gasteiger partial charge >= 0.3 is 0 Å². The van der Waals surface area contributed by atoms with Crippen molar-refractivity contribution in [3.63, 3.8) is 0 Å². The molecule has 0 amide bonds. The average molecular weight is 302 g/mol. The minimum absolute atomic E-state index is 0.00886. The zero-order valence-corrected chi connectivity index (χ0v) is 10.7. The monoisotopic (exact) mass is 301 g/mol. The minimum Gasteiger partial charge on any atom is -0.492 e. The SMILES string of the molecule is Cc1ccc2c(OCCBr)cc(F)c(F)c2n1. The molecule has 0 spiro atoms. The second kappa shape index (κ2) is 4.96. The molecular formula is C12H10BrF2NO. The highest BCUT2D eigenvalue weighted by molar-refractivity contribution is 9.09. The fourth-order valence-corrected chi connectivity index (χ4v) is 1.72. The molecule has 2 nitrogen and oxygen atoms in total. The topological polar surface area (TPSA) is 22.1 Å². The van der Waals surface area contributed by atoms with Crippen LogP contribution in [-0.2, 0) is 0 Å². The lowest BCUT2D eigenvalue weighted by molar-refractivity contribution is 0.346. The van der Waals surface area contributed by atoms with E-state index in [-0.39, 0.29) is 5.52 Å². The van der Waals surface area contributed by atoms with E-state index < -0.39 is 11.6 Å². The normalized spacial score (nSPS) is 10.8. The van der Waals surface area contributed by atoms with Crippen LogP contribution in [0.2, 0.25) is 0 Å². The molecule has 2 aromatic rings. The van der Waals surface area contributed by atoms with E-state index in [1.165, 1.54) is 0 Å². The standard InChI is InChI=1S/C12H10BrF2NO/c1-7-2-3-8-10(17-5-4-13)6-9(14)11(15)12(8)16-7/h2-3,6H,4-5H2,1H3. The van der Waals surface area contributed by atoms with Gasteiger partial charge in [-0.1, -0.05) is 15.9 Å². The lowest BCUT2D eigenvalue weighted by Gasteiger charge is -2.09. The summed E-state index contributed by atoms with van der Waals surface area (Å²) < 4.78 is 32.3. The van der Waals surface area contributed by atoms with Gasteiger partial charge in [0.2, 0.25) is 0 Å². The fraction of sp³-hybridized carbons (Fsp3) is 0.250. The lowest BCUT2D eigenvalue weighted by Crippen LogP contribution is -2.01. The molecule has 90 valence electrons. The molecular weight excluding hydrogens is 292 g/mol. The van der Waals surface area contributed by atoms with Crippen molar-refractivity contribution in [2.24, 2.45) is 0 Å². The van der Waals surface area contributed by atoms with Crippen molar-refractivity contribution in [2.75, 3.05) is 11.9 Å². The number of fused-ring (bicyclic) bond motifs is 1. The number of aryl methyl sites for hydroxylation is 1. The van der Waals surface area contributed by atoms with E-state index in [0.29, 0.717) is 28.8 Å². The molecule has 0 atom stereocenters. The van der Waals surface area contributed by atoms with E-state index in [1.54, 1.807) is 19.1 Å². The van der Waals surface area contributed by atoms with Crippen molar-refractivity contribution < 1.29 is 13.5 Å². The molecule has 0 bridgehead atoms. The first-order valence-corrected chi connectivity index (χ1v) is 6.19. The number of benzene rings is 1. The van der Waals surface area contributed by atoms with Gasteiger partial charge in [0.25, 0.3) is 0 Å². The average Bonchev–Trinajstić information content (AvgIpc) is 2.32. The Bertz CT molecular complexity index is 560. The predicted octanol–water partition coefficient (Wildman–Crippen LogP) is 3.60. The van der Waals surface area contributed by atoms with Crippen LogP contribution in [0.25, 0.3) is 10.9 Å². The van der Waals surface area contributed by atoms with Gasteiger partial charge in [0.05, 0.1) is 6.61 Å². The molecule has 2 rings (SSSR count). The molecule has 0 saturated carbocycles. The van der Waals surface area contributed by atoms with E-state index in [2.05, 4.69) is 20.9 Å². The molecule has 0 radical (unpaired) electrons. The summed E-state index contributed by atoms with van der Waals surface area (Å²) in [6.07, 6.45) is 0. The van der Waals surface area contributed by atoms with Crippen LogP contribution in [0.1, 0.15) is 5.69 Å². The highest BCUT2D eigenvalue weighted by Gasteiger charge is 2.14. The van der Waals surface area contributed by atoms with Crippen molar-refractivity contribution in [3.05, 3.63) is 35.5 Å². The molecule has 0 aliphatic heterocycles. The van der Waals surface area contributed by atoms with Crippen LogP contribution in [0.15, 0.2) is 18.2 Å². The third-order valence-electron chi connectivity index (χ3n) is 2.31. The molecule has 17 heavy (non-hydrogen) atoms. The van der Waals surface area contributed by atoms with Gasteiger partial charge in [-0.2, -0.15) is 0 Å². The summed E-state index contributed by atoms with van der Waals surface area (Å²) in [5.41, 5.74) is 0.642. The van der Waals surface area contributed by atoms with Gasteiger partial charge in [-0.15, -0.1) is 0 Å². The molecule has 1 heterocycles. The smallest absolute Gasteiger partial charge is 0.185 e. The number of halogens is 3. The zero-order valence-electron chi connectivity index (χ0n) is 9.14. The van der Waals surface area contributed by atoms with Crippen LogP contribution in [-0.4, -0.2) is 16.9 Å².